The minimum absolute atomic E-state index is 0.215. The lowest BCUT2D eigenvalue weighted by Crippen LogP contribution is -2.21. The van der Waals surface area contributed by atoms with Gasteiger partial charge in [-0.15, -0.1) is 12.6 Å². The number of benzene rings is 2. The Morgan fingerprint density at radius 2 is 1.54 bits per heavy atom. The Bertz CT molecular complexity index is 950. The van der Waals surface area contributed by atoms with E-state index in [9.17, 15) is 8.42 Å². The van der Waals surface area contributed by atoms with E-state index in [2.05, 4.69) is 38.6 Å². The highest BCUT2D eigenvalue weighted by Crippen LogP contribution is 2.52. The van der Waals surface area contributed by atoms with Crippen LogP contribution in [0.5, 0.6) is 0 Å². The second-order valence-electron chi connectivity index (χ2n) is 7.91. The Morgan fingerprint density at radius 1 is 0.929 bits per heavy atom. The third-order valence-electron chi connectivity index (χ3n) is 6.01. The fraction of sp³-hybridized carbons (Fsp3) is 0.478. The second kappa shape index (κ2) is 8.60. The van der Waals surface area contributed by atoms with Crippen LogP contribution >= 0.6 is 12.6 Å². The van der Waals surface area contributed by atoms with E-state index < -0.39 is 10.1 Å². The lowest BCUT2D eigenvalue weighted by molar-refractivity contribution is 0.397. The van der Waals surface area contributed by atoms with Gasteiger partial charge in [0.2, 0.25) is 0 Å². The molecule has 0 bridgehead atoms. The van der Waals surface area contributed by atoms with E-state index in [0.29, 0.717) is 0 Å². The molecule has 5 heteroatoms. The maximum Gasteiger partial charge on any atom is 0.296 e. The highest BCUT2D eigenvalue weighted by atomic mass is 32.2. The fourth-order valence-electron chi connectivity index (χ4n) is 4.36. The van der Waals surface area contributed by atoms with E-state index in [0.717, 1.165) is 28.9 Å². The Kier molecular flexibility index (Phi) is 6.58. The highest BCUT2D eigenvalue weighted by Gasteiger charge is 2.39. The average Bonchev–Trinajstić information content (AvgIpc) is 2.93. The van der Waals surface area contributed by atoms with Gasteiger partial charge in [0.05, 0.1) is 12.0 Å². The second-order valence-corrected chi connectivity index (χ2v) is 10.1. The Hall–Kier alpha value is -1.30. The van der Waals surface area contributed by atoms with Crippen molar-refractivity contribution in [1.29, 1.82) is 0 Å². The quantitative estimate of drug-likeness (QED) is 0.293. The van der Waals surface area contributed by atoms with Crippen molar-refractivity contribution in [3.63, 3.8) is 0 Å². The molecule has 0 aliphatic heterocycles. The minimum atomic E-state index is -3.72. The van der Waals surface area contributed by atoms with Crippen LogP contribution in [0.25, 0.3) is 11.1 Å². The first-order valence-electron chi connectivity index (χ1n) is 10.1. The first-order valence-corrected chi connectivity index (χ1v) is 12.0. The van der Waals surface area contributed by atoms with Crippen LogP contribution in [0.4, 0.5) is 0 Å². The first kappa shape index (κ1) is 21.4. The molecule has 1 atom stereocenters. The van der Waals surface area contributed by atoms with Crippen LogP contribution in [-0.4, -0.2) is 15.5 Å². The molecule has 0 spiro atoms. The number of hydrogen-bond acceptors (Lipinski definition) is 4. The molecule has 0 heterocycles. The van der Waals surface area contributed by atoms with Crippen LogP contribution in [0.3, 0.4) is 0 Å². The molecule has 152 valence electrons. The Labute approximate surface area is 175 Å². The molecule has 3 rings (SSSR count). The molecule has 0 saturated carbocycles. The third-order valence-corrected chi connectivity index (χ3v) is 7.56. The Balaban J connectivity index is 1.97. The van der Waals surface area contributed by atoms with Gasteiger partial charge in [-0.3, -0.25) is 4.18 Å². The zero-order valence-corrected chi connectivity index (χ0v) is 18.7. The zero-order chi connectivity index (χ0) is 20.4. The van der Waals surface area contributed by atoms with Crippen molar-refractivity contribution in [2.24, 2.45) is 0 Å². The van der Waals surface area contributed by atoms with Gasteiger partial charge in [0.1, 0.15) is 0 Å². The lowest BCUT2D eigenvalue weighted by atomic mass is 9.76. The number of thiol groups is 1. The molecule has 3 nitrogen and oxygen atoms in total. The summed E-state index contributed by atoms with van der Waals surface area (Å²) in [5.41, 5.74) is 4.41. The summed E-state index contributed by atoms with van der Waals surface area (Å²) in [4.78, 5) is 1.16. The molecule has 2 aromatic rings. The lowest BCUT2D eigenvalue weighted by Gasteiger charge is -2.28. The summed E-state index contributed by atoms with van der Waals surface area (Å²) in [6, 6.07) is 11.6. The summed E-state index contributed by atoms with van der Waals surface area (Å²) in [7, 11) is -2.51. The van der Waals surface area contributed by atoms with Gasteiger partial charge in [-0.2, -0.15) is 8.42 Å². The number of unbranched alkanes of at least 4 members (excludes halogenated alkanes) is 5. The summed E-state index contributed by atoms with van der Waals surface area (Å²) in [5.74, 6) is 0. The van der Waals surface area contributed by atoms with E-state index in [1.54, 1.807) is 6.07 Å². The monoisotopic (exact) mass is 418 g/mol. The molecular formula is C23H30O3S2. The van der Waals surface area contributed by atoms with E-state index >= 15 is 0 Å². The van der Waals surface area contributed by atoms with Crippen molar-refractivity contribution < 1.29 is 12.6 Å². The third kappa shape index (κ3) is 4.03. The van der Waals surface area contributed by atoms with Crippen LogP contribution < -0.4 is 0 Å². The molecule has 1 aliphatic carbocycles. The minimum Gasteiger partial charge on any atom is -0.270 e. The van der Waals surface area contributed by atoms with Gasteiger partial charge in [-0.05, 0) is 52.9 Å². The summed E-state index contributed by atoms with van der Waals surface area (Å²) >= 11 is 4.55. The maximum atomic E-state index is 12.3. The summed E-state index contributed by atoms with van der Waals surface area (Å²) in [6.07, 6.45) is 8.41. The molecule has 0 N–H and O–H groups in total. The van der Waals surface area contributed by atoms with E-state index in [1.165, 1.54) is 50.3 Å². The first-order chi connectivity index (χ1) is 13.3. The van der Waals surface area contributed by atoms with Gasteiger partial charge in [0.15, 0.2) is 0 Å². The number of rotatable bonds is 9. The van der Waals surface area contributed by atoms with Gasteiger partial charge >= 0.3 is 0 Å². The van der Waals surface area contributed by atoms with Crippen LogP contribution in [0.1, 0.15) is 69.9 Å². The van der Waals surface area contributed by atoms with Crippen LogP contribution in [-0.2, 0) is 19.7 Å². The summed E-state index contributed by atoms with van der Waals surface area (Å²) < 4.78 is 29.3. The summed E-state index contributed by atoms with van der Waals surface area (Å²) in [6.45, 7) is 4.47. The Morgan fingerprint density at radius 3 is 2.21 bits per heavy atom. The molecule has 0 aromatic heterocycles. The van der Waals surface area contributed by atoms with Crippen molar-refractivity contribution in [1.82, 2.24) is 0 Å². The van der Waals surface area contributed by atoms with Crippen molar-refractivity contribution >= 4 is 22.7 Å². The van der Waals surface area contributed by atoms with E-state index in [-0.39, 0.29) is 10.3 Å². The SMILES string of the molecule is CCCCCCCCC1(C)c2cc(S)ccc2-c2ccc(S(=O)(=O)OC)cc21. The normalized spacial score (nSPS) is 18.1. The van der Waals surface area contributed by atoms with Crippen LogP contribution in [0, 0.1) is 0 Å². The molecule has 2 aromatic carbocycles. The number of fused-ring (bicyclic) bond motifs is 3. The van der Waals surface area contributed by atoms with E-state index in [4.69, 9.17) is 4.18 Å². The standard InChI is InChI=1S/C23H30O3S2/c1-4-5-6-7-8-9-14-23(2)21-15-17(27)10-12-19(21)20-13-11-18(16-22(20)23)28(24,25)26-3/h10-13,15-16,27H,4-9,14H2,1-3H3. The molecule has 0 radical (unpaired) electrons. The van der Waals surface area contributed by atoms with Gasteiger partial charge in [-0.25, -0.2) is 0 Å². The topological polar surface area (TPSA) is 43.4 Å². The predicted molar refractivity (Wildman–Crippen MR) is 118 cm³/mol. The van der Waals surface area contributed by atoms with Crippen molar-refractivity contribution in [2.45, 2.75) is 74.0 Å². The molecular weight excluding hydrogens is 388 g/mol. The van der Waals surface area contributed by atoms with Crippen molar-refractivity contribution in [2.75, 3.05) is 7.11 Å². The van der Waals surface area contributed by atoms with Crippen LogP contribution in [0.2, 0.25) is 0 Å². The van der Waals surface area contributed by atoms with Crippen molar-refractivity contribution in [3.05, 3.63) is 47.5 Å². The largest absolute Gasteiger partial charge is 0.296 e. The van der Waals surface area contributed by atoms with Gasteiger partial charge in [-0.1, -0.05) is 64.5 Å². The molecule has 0 saturated heterocycles. The van der Waals surface area contributed by atoms with Gasteiger partial charge in [0.25, 0.3) is 10.1 Å². The predicted octanol–water partition coefficient (Wildman–Crippen LogP) is 6.35. The molecule has 1 unspecified atom stereocenters. The van der Waals surface area contributed by atoms with Crippen molar-refractivity contribution in [3.8, 4) is 11.1 Å². The van der Waals surface area contributed by atoms with Gasteiger partial charge in [0, 0.05) is 10.3 Å². The average molecular weight is 419 g/mol. The molecule has 1 aliphatic rings. The molecule has 0 amide bonds. The highest BCUT2D eigenvalue weighted by molar-refractivity contribution is 7.86. The van der Waals surface area contributed by atoms with E-state index in [1.807, 2.05) is 18.2 Å². The smallest absolute Gasteiger partial charge is 0.270 e. The van der Waals surface area contributed by atoms with Gasteiger partial charge < -0.3 is 0 Å². The molecule has 0 fully saturated rings. The number of hydrogen-bond donors (Lipinski definition) is 1. The maximum absolute atomic E-state index is 12.3. The van der Waals surface area contributed by atoms with Crippen LogP contribution in [0.15, 0.2) is 46.2 Å². The fourth-order valence-corrected chi connectivity index (χ4v) is 5.26. The molecule has 28 heavy (non-hydrogen) atoms. The summed E-state index contributed by atoms with van der Waals surface area (Å²) in [5, 5.41) is 0. The zero-order valence-electron chi connectivity index (χ0n) is 17.0.